The van der Waals surface area contributed by atoms with E-state index in [0.717, 1.165) is 0 Å². The number of benzene rings is 1. The minimum atomic E-state index is -0.947. The van der Waals surface area contributed by atoms with Crippen molar-refractivity contribution in [2.75, 3.05) is 5.75 Å². The lowest BCUT2D eigenvalue weighted by Gasteiger charge is -2.33. The number of carboxylic acid groups (broad SMARTS) is 1. The fourth-order valence-corrected chi connectivity index (χ4v) is 2.79. The van der Waals surface area contributed by atoms with E-state index < -0.39 is 11.5 Å². The van der Waals surface area contributed by atoms with E-state index in [-0.39, 0.29) is 30.5 Å². The van der Waals surface area contributed by atoms with Crippen LogP contribution in [0.3, 0.4) is 0 Å². The molecule has 1 aromatic rings. The van der Waals surface area contributed by atoms with Crippen LogP contribution in [0.2, 0.25) is 0 Å². The zero-order valence-electron chi connectivity index (χ0n) is 13.1. The molecule has 6 heteroatoms. The highest BCUT2D eigenvalue weighted by atomic mass is 32.2. The Morgan fingerprint density at radius 1 is 1.36 bits per heavy atom. The van der Waals surface area contributed by atoms with E-state index in [1.165, 1.54) is 17.8 Å². The first kappa shape index (κ1) is 18.5. The first-order valence-electron chi connectivity index (χ1n) is 7.15. The van der Waals surface area contributed by atoms with E-state index in [1.54, 1.807) is 25.1 Å². The second kappa shape index (κ2) is 8.17. The number of aliphatic carboxylic acids is 1. The van der Waals surface area contributed by atoms with Gasteiger partial charge in [0.25, 0.3) is 0 Å². The molecule has 1 rings (SSSR count). The molecule has 0 radical (unpaired) electrons. The van der Waals surface area contributed by atoms with Gasteiger partial charge in [0.05, 0.1) is 6.42 Å². The van der Waals surface area contributed by atoms with E-state index in [1.807, 2.05) is 13.8 Å². The Morgan fingerprint density at radius 3 is 2.55 bits per heavy atom. The van der Waals surface area contributed by atoms with Gasteiger partial charge in [-0.3, -0.25) is 9.59 Å². The number of nitrogens with one attached hydrogen (secondary N) is 1. The van der Waals surface area contributed by atoms with Crippen molar-refractivity contribution in [3.05, 3.63) is 30.1 Å². The van der Waals surface area contributed by atoms with E-state index in [4.69, 9.17) is 5.11 Å². The molecular weight excluding hydrogens is 305 g/mol. The Labute approximate surface area is 134 Å². The van der Waals surface area contributed by atoms with E-state index in [2.05, 4.69) is 5.32 Å². The summed E-state index contributed by atoms with van der Waals surface area (Å²) in [5.41, 5.74) is -0.786. The highest BCUT2D eigenvalue weighted by Crippen LogP contribution is 2.23. The molecule has 0 aliphatic rings. The summed E-state index contributed by atoms with van der Waals surface area (Å²) in [5, 5.41) is 11.8. The predicted octanol–water partition coefficient (Wildman–Crippen LogP) is 3.31. The van der Waals surface area contributed by atoms with E-state index in [0.29, 0.717) is 10.6 Å². The summed E-state index contributed by atoms with van der Waals surface area (Å²) in [5.74, 6) is -1.04. The molecule has 0 bridgehead atoms. The second-order valence-corrected chi connectivity index (χ2v) is 6.86. The van der Waals surface area contributed by atoms with Crippen LogP contribution in [-0.2, 0) is 9.59 Å². The Bertz CT molecular complexity index is 536. The van der Waals surface area contributed by atoms with Crippen molar-refractivity contribution in [2.45, 2.75) is 44.0 Å². The topological polar surface area (TPSA) is 66.4 Å². The lowest BCUT2D eigenvalue weighted by Crippen LogP contribution is -2.51. The molecule has 0 fully saturated rings. The first-order valence-corrected chi connectivity index (χ1v) is 8.13. The van der Waals surface area contributed by atoms with E-state index >= 15 is 0 Å². The van der Waals surface area contributed by atoms with Gasteiger partial charge in [-0.15, -0.1) is 11.8 Å². The molecule has 0 aliphatic heterocycles. The molecule has 22 heavy (non-hydrogen) atoms. The monoisotopic (exact) mass is 327 g/mol. The van der Waals surface area contributed by atoms with E-state index in [9.17, 15) is 14.0 Å². The molecule has 1 unspecified atom stereocenters. The smallest absolute Gasteiger partial charge is 0.305 e. The maximum atomic E-state index is 13.4. The average Bonchev–Trinajstić information content (AvgIpc) is 2.39. The van der Waals surface area contributed by atoms with Gasteiger partial charge in [0.15, 0.2) is 0 Å². The SMILES string of the molecule is CC(C)C(C)(CC(=O)O)NC(=O)CCSc1ccccc1F. The highest BCUT2D eigenvalue weighted by molar-refractivity contribution is 7.99. The Hall–Kier alpha value is -1.56. The van der Waals surface area contributed by atoms with Crippen LogP contribution in [-0.4, -0.2) is 28.3 Å². The number of carbonyl (C=O) groups excluding carboxylic acids is 1. The van der Waals surface area contributed by atoms with Gasteiger partial charge in [-0.25, -0.2) is 4.39 Å². The summed E-state index contributed by atoms with van der Waals surface area (Å²) in [6.45, 7) is 5.47. The molecule has 0 aromatic heterocycles. The van der Waals surface area contributed by atoms with Crippen molar-refractivity contribution >= 4 is 23.6 Å². The average molecular weight is 327 g/mol. The maximum absolute atomic E-state index is 13.4. The van der Waals surface area contributed by atoms with Crippen LogP contribution in [0, 0.1) is 11.7 Å². The fourth-order valence-electron chi connectivity index (χ4n) is 1.90. The number of carbonyl (C=O) groups is 2. The number of amides is 1. The van der Waals surface area contributed by atoms with Gasteiger partial charge >= 0.3 is 5.97 Å². The number of hydrogen-bond donors (Lipinski definition) is 2. The van der Waals surface area contributed by atoms with Crippen molar-refractivity contribution in [3.8, 4) is 0 Å². The molecular formula is C16H22FNO3S. The second-order valence-electron chi connectivity index (χ2n) is 5.72. The summed E-state index contributed by atoms with van der Waals surface area (Å²) in [7, 11) is 0. The molecule has 0 spiro atoms. The molecule has 4 nitrogen and oxygen atoms in total. The third kappa shape index (κ3) is 5.67. The number of thioether (sulfide) groups is 1. The first-order chi connectivity index (χ1) is 10.2. The molecule has 0 saturated carbocycles. The Morgan fingerprint density at radius 2 is 2.00 bits per heavy atom. The predicted molar refractivity (Wildman–Crippen MR) is 85.4 cm³/mol. The van der Waals surface area contributed by atoms with Gasteiger partial charge in [-0.2, -0.15) is 0 Å². The fraction of sp³-hybridized carbons (Fsp3) is 0.500. The summed E-state index contributed by atoms with van der Waals surface area (Å²) in [6.07, 6.45) is 0.0811. The third-order valence-electron chi connectivity index (χ3n) is 3.64. The molecule has 2 N–H and O–H groups in total. The molecule has 0 aliphatic carbocycles. The maximum Gasteiger partial charge on any atom is 0.305 e. The molecule has 0 heterocycles. The van der Waals surface area contributed by atoms with Crippen LogP contribution in [0.15, 0.2) is 29.2 Å². The van der Waals surface area contributed by atoms with Gasteiger partial charge in [-0.05, 0) is 25.0 Å². The Balaban J connectivity index is 2.51. The summed E-state index contributed by atoms with van der Waals surface area (Å²) >= 11 is 1.27. The molecule has 1 aromatic carbocycles. The van der Waals surface area contributed by atoms with Gasteiger partial charge < -0.3 is 10.4 Å². The summed E-state index contributed by atoms with van der Waals surface area (Å²) in [6, 6.07) is 6.41. The van der Waals surface area contributed by atoms with Crippen molar-refractivity contribution in [1.29, 1.82) is 0 Å². The van der Waals surface area contributed by atoms with Crippen molar-refractivity contribution in [2.24, 2.45) is 5.92 Å². The summed E-state index contributed by atoms with van der Waals surface area (Å²) < 4.78 is 13.4. The lowest BCUT2D eigenvalue weighted by atomic mass is 9.85. The minimum absolute atomic E-state index is 0.00762. The minimum Gasteiger partial charge on any atom is -0.481 e. The van der Waals surface area contributed by atoms with Crippen molar-refractivity contribution in [1.82, 2.24) is 5.32 Å². The number of hydrogen-bond acceptors (Lipinski definition) is 3. The number of carboxylic acids is 1. The van der Waals surface area contributed by atoms with Gasteiger partial charge in [0, 0.05) is 22.6 Å². The standard InChI is InChI=1S/C16H22FNO3S/c1-11(2)16(3,10-15(20)21)18-14(19)8-9-22-13-7-5-4-6-12(13)17/h4-7,11H,8-10H2,1-3H3,(H,18,19)(H,20,21). The van der Waals surface area contributed by atoms with Crippen LogP contribution in [0.5, 0.6) is 0 Å². The lowest BCUT2D eigenvalue weighted by molar-refractivity contribution is -0.139. The van der Waals surface area contributed by atoms with Gasteiger partial charge in [0.1, 0.15) is 5.82 Å². The van der Waals surface area contributed by atoms with Crippen LogP contribution in [0.4, 0.5) is 4.39 Å². The quantitative estimate of drug-likeness (QED) is 0.719. The zero-order valence-corrected chi connectivity index (χ0v) is 13.9. The normalized spacial score (nSPS) is 13.7. The summed E-state index contributed by atoms with van der Waals surface area (Å²) in [4.78, 5) is 23.5. The largest absolute Gasteiger partial charge is 0.481 e. The van der Waals surface area contributed by atoms with Gasteiger partial charge in [0.2, 0.25) is 5.91 Å². The zero-order chi connectivity index (χ0) is 16.8. The van der Waals surface area contributed by atoms with Crippen LogP contribution in [0.1, 0.15) is 33.6 Å². The molecule has 0 saturated heterocycles. The van der Waals surface area contributed by atoms with Crippen LogP contribution < -0.4 is 5.32 Å². The third-order valence-corrected chi connectivity index (χ3v) is 4.69. The Kier molecular flexibility index (Phi) is 6.87. The highest BCUT2D eigenvalue weighted by Gasteiger charge is 2.32. The van der Waals surface area contributed by atoms with Gasteiger partial charge in [-0.1, -0.05) is 26.0 Å². The van der Waals surface area contributed by atoms with Crippen LogP contribution >= 0.6 is 11.8 Å². The number of rotatable bonds is 8. The molecule has 122 valence electrons. The van der Waals surface area contributed by atoms with Crippen molar-refractivity contribution < 1.29 is 19.1 Å². The molecule has 1 amide bonds. The van der Waals surface area contributed by atoms with Crippen LogP contribution in [0.25, 0.3) is 0 Å². The van der Waals surface area contributed by atoms with Crippen molar-refractivity contribution in [3.63, 3.8) is 0 Å². The number of halogens is 1. The molecule has 1 atom stereocenters.